The number of likely N-dealkylation sites (N-methyl/N-ethyl adjacent to an activating group) is 1. The van der Waals surface area contributed by atoms with Crippen molar-refractivity contribution in [2.75, 3.05) is 133 Å². The smallest absolute Gasteiger partial charge is 0.245 e. The molecular formula is C54H95N7O13. The third-order valence-electron chi connectivity index (χ3n) is 14.1. The second kappa shape index (κ2) is 36.2. The molecule has 0 saturated carbocycles. The molecule has 2 aliphatic heterocycles. The Morgan fingerprint density at radius 2 is 1.32 bits per heavy atom. The summed E-state index contributed by atoms with van der Waals surface area (Å²) in [6.07, 6.45) is 0.918. The average molecular weight is 1050 g/mol. The molecule has 0 aromatic heterocycles. The number of hydrogen-bond donors (Lipinski definition) is 5. The molecule has 2 aliphatic rings. The van der Waals surface area contributed by atoms with E-state index in [0.717, 1.165) is 31.7 Å². The predicted molar refractivity (Wildman–Crippen MR) is 282 cm³/mol. The molecular weight excluding hydrogens is 955 g/mol. The third kappa shape index (κ3) is 21.7. The molecule has 1 aromatic carbocycles. The number of piperazine rings is 1. The van der Waals surface area contributed by atoms with Gasteiger partial charge < -0.3 is 69.3 Å². The number of nitrogens with one attached hydrogen (secondary N) is 4. The number of benzene rings is 1. The number of methoxy groups -OCH3 is 2. The van der Waals surface area contributed by atoms with Crippen molar-refractivity contribution in [1.82, 2.24) is 36.0 Å². The number of amides is 5. The van der Waals surface area contributed by atoms with Gasteiger partial charge in [0.05, 0.1) is 115 Å². The fourth-order valence-corrected chi connectivity index (χ4v) is 9.91. The maximum Gasteiger partial charge on any atom is 0.245 e. The van der Waals surface area contributed by atoms with Crippen LogP contribution in [0.5, 0.6) is 0 Å². The minimum absolute atomic E-state index is 0.0133. The van der Waals surface area contributed by atoms with Crippen molar-refractivity contribution < 1.29 is 62.2 Å². The van der Waals surface area contributed by atoms with Crippen LogP contribution in [0.1, 0.15) is 79.7 Å². The van der Waals surface area contributed by atoms with Gasteiger partial charge in [0.15, 0.2) is 0 Å². The maximum atomic E-state index is 14.6. The highest BCUT2D eigenvalue weighted by molar-refractivity contribution is 5.91. The van der Waals surface area contributed by atoms with Crippen molar-refractivity contribution in [3.05, 3.63) is 35.9 Å². The standard InChI is InChI=1S/C54H95N7O13/c1-11-40(6)49(59(8)54(67)47(38(2)3)58-53(66)48(39(4)5)60-23-19-55-20-24-60)45(68-9)37-46(63)61-22-15-18-44(61)50(69-10)41(7)51(64)57-43(36-42-16-13-12-14-17-42)52(65)56-21-26-70-28-30-72-32-34-74-35-33-73-31-29-71-27-25-62/h12-14,16-17,38-41,43-45,47-50,55,62H,11,15,18-37H2,1-10H3,(H,56,65)(H,57,64)(H,58,66)/t40-,41+,43-,44-,45?,47-,48-,49-,50+/m0/s1. The maximum absolute atomic E-state index is 14.6. The van der Waals surface area contributed by atoms with E-state index < -0.39 is 42.3 Å². The van der Waals surface area contributed by atoms with Crippen LogP contribution >= 0.6 is 0 Å². The molecule has 424 valence electrons. The van der Waals surface area contributed by atoms with Crippen LogP contribution in [0.2, 0.25) is 0 Å². The molecule has 1 aromatic rings. The number of aliphatic hydroxyl groups excluding tert-OH is 1. The highest BCUT2D eigenvalue weighted by atomic mass is 16.6. The summed E-state index contributed by atoms with van der Waals surface area (Å²) in [6, 6.07) is 6.48. The van der Waals surface area contributed by atoms with E-state index in [0.29, 0.717) is 85.3 Å². The lowest BCUT2D eigenvalue weighted by molar-refractivity contribution is -0.148. The first-order chi connectivity index (χ1) is 35.6. The summed E-state index contributed by atoms with van der Waals surface area (Å²) in [7, 11) is 4.84. The van der Waals surface area contributed by atoms with Gasteiger partial charge in [-0.15, -0.1) is 0 Å². The number of hydrogen-bond acceptors (Lipinski definition) is 15. The van der Waals surface area contributed by atoms with Gasteiger partial charge in [-0.25, -0.2) is 0 Å². The zero-order chi connectivity index (χ0) is 54.4. The highest BCUT2D eigenvalue weighted by Gasteiger charge is 2.44. The normalized spacial score (nSPS) is 18.6. The molecule has 0 aliphatic carbocycles. The minimum Gasteiger partial charge on any atom is -0.394 e. The second-order valence-corrected chi connectivity index (χ2v) is 20.1. The Morgan fingerprint density at radius 1 is 0.743 bits per heavy atom. The summed E-state index contributed by atoms with van der Waals surface area (Å²) in [4.78, 5) is 76.6. The first kappa shape index (κ1) is 64.5. The Bertz CT molecular complexity index is 1740. The molecule has 1 unspecified atom stereocenters. The number of nitrogens with zero attached hydrogens (tertiary/aromatic N) is 3. The van der Waals surface area contributed by atoms with Gasteiger partial charge in [-0.1, -0.05) is 85.2 Å². The van der Waals surface area contributed by atoms with Crippen LogP contribution in [0, 0.1) is 23.7 Å². The molecule has 0 radical (unpaired) electrons. The number of likely N-dealkylation sites (tertiary alicyclic amines) is 1. The zero-order valence-corrected chi connectivity index (χ0v) is 46.5. The predicted octanol–water partition coefficient (Wildman–Crippen LogP) is 1.90. The van der Waals surface area contributed by atoms with E-state index in [1.165, 1.54) is 7.11 Å². The van der Waals surface area contributed by atoms with Crippen molar-refractivity contribution in [2.24, 2.45) is 23.7 Å². The van der Waals surface area contributed by atoms with Gasteiger partial charge in [-0.05, 0) is 36.2 Å². The van der Waals surface area contributed by atoms with Crippen LogP contribution in [0.15, 0.2) is 30.3 Å². The molecule has 74 heavy (non-hydrogen) atoms. The molecule has 0 spiro atoms. The van der Waals surface area contributed by atoms with Crippen LogP contribution in [-0.4, -0.2) is 225 Å². The van der Waals surface area contributed by atoms with Gasteiger partial charge in [0.1, 0.15) is 12.1 Å². The Morgan fingerprint density at radius 3 is 1.85 bits per heavy atom. The number of ether oxygens (including phenoxy) is 7. The summed E-state index contributed by atoms with van der Waals surface area (Å²) in [6.45, 7) is 21.3. The number of aliphatic hydroxyl groups is 1. The molecule has 20 heteroatoms. The Kier molecular flexibility index (Phi) is 31.6. The van der Waals surface area contributed by atoms with Crippen molar-refractivity contribution >= 4 is 29.5 Å². The number of carbonyl (C=O) groups excluding carboxylic acids is 5. The van der Waals surface area contributed by atoms with E-state index >= 15 is 0 Å². The van der Waals surface area contributed by atoms with Crippen molar-refractivity contribution in [3.8, 4) is 0 Å². The third-order valence-corrected chi connectivity index (χ3v) is 14.1. The van der Waals surface area contributed by atoms with Gasteiger partial charge in [-0.2, -0.15) is 0 Å². The largest absolute Gasteiger partial charge is 0.394 e. The lowest BCUT2D eigenvalue weighted by Gasteiger charge is -2.41. The van der Waals surface area contributed by atoms with Crippen LogP contribution in [0.25, 0.3) is 0 Å². The van der Waals surface area contributed by atoms with Crippen LogP contribution in [0.3, 0.4) is 0 Å². The summed E-state index contributed by atoms with van der Waals surface area (Å²) in [5.74, 6) is -2.28. The second-order valence-electron chi connectivity index (χ2n) is 20.1. The van der Waals surface area contributed by atoms with Crippen LogP contribution in [-0.2, 0) is 63.6 Å². The molecule has 9 atom stereocenters. The van der Waals surface area contributed by atoms with E-state index in [9.17, 15) is 24.0 Å². The van der Waals surface area contributed by atoms with E-state index in [1.54, 1.807) is 30.9 Å². The molecule has 2 saturated heterocycles. The van der Waals surface area contributed by atoms with Gasteiger partial charge in [0, 0.05) is 67.0 Å². The van der Waals surface area contributed by atoms with E-state index in [1.807, 2.05) is 71.9 Å². The number of carbonyl (C=O) groups is 5. The van der Waals surface area contributed by atoms with E-state index in [4.69, 9.17) is 38.3 Å². The lowest BCUT2D eigenvalue weighted by atomic mass is 9.89. The van der Waals surface area contributed by atoms with Gasteiger partial charge in [-0.3, -0.25) is 28.9 Å². The fraction of sp³-hybridized carbons (Fsp3) is 0.796. The summed E-state index contributed by atoms with van der Waals surface area (Å²) in [5, 5.41) is 21.1. The minimum atomic E-state index is -0.897. The molecule has 2 heterocycles. The highest BCUT2D eigenvalue weighted by Crippen LogP contribution is 2.30. The first-order valence-corrected chi connectivity index (χ1v) is 27.1. The molecule has 5 N–H and O–H groups in total. The van der Waals surface area contributed by atoms with Crippen molar-refractivity contribution in [3.63, 3.8) is 0 Å². The van der Waals surface area contributed by atoms with Crippen molar-refractivity contribution in [1.29, 1.82) is 0 Å². The van der Waals surface area contributed by atoms with E-state index in [2.05, 4.69) is 26.2 Å². The molecule has 20 nitrogen and oxygen atoms in total. The SMILES string of the molecule is CC[C@H](C)[C@@H](C(CC(=O)N1CCC[C@H]1[C@H](OC)[C@@H](C)C(=O)N[C@@H](Cc1ccccc1)C(=O)NCCOCCOCCOCCOCCOCCO)OC)N(C)C(=O)[C@@H](NC(=O)[C@H](C(C)C)N1CCNCC1)C(C)C. The van der Waals surface area contributed by atoms with Gasteiger partial charge >= 0.3 is 0 Å². The van der Waals surface area contributed by atoms with Crippen LogP contribution in [0.4, 0.5) is 0 Å². The fourth-order valence-electron chi connectivity index (χ4n) is 9.91. The van der Waals surface area contributed by atoms with E-state index in [-0.39, 0.29) is 85.9 Å². The number of rotatable bonds is 38. The molecule has 3 rings (SSSR count). The topological polar surface area (TPSA) is 228 Å². The van der Waals surface area contributed by atoms with Gasteiger partial charge in [0.25, 0.3) is 0 Å². The Balaban J connectivity index is 1.61. The first-order valence-electron chi connectivity index (χ1n) is 27.1. The quantitative estimate of drug-likeness (QED) is 0.0597. The summed E-state index contributed by atoms with van der Waals surface area (Å²) in [5.41, 5.74) is 0.871. The molecule has 0 bridgehead atoms. The zero-order valence-electron chi connectivity index (χ0n) is 46.5. The Labute approximate surface area is 442 Å². The lowest BCUT2D eigenvalue weighted by Crippen LogP contribution is -2.61. The monoisotopic (exact) mass is 1050 g/mol. The summed E-state index contributed by atoms with van der Waals surface area (Å²) >= 11 is 0. The van der Waals surface area contributed by atoms with Gasteiger partial charge in [0.2, 0.25) is 29.5 Å². The van der Waals surface area contributed by atoms with Crippen molar-refractivity contribution in [2.45, 2.75) is 123 Å². The van der Waals surface area contributed by atoms with Crippen LogP contribution < -0.4 is 21.3 Å². The Hall–Kier alpha value is -3.83. The molecule has 2 fully saturated rings. The molecule has 5 amide bonds. The summed E-state index contributed by atoms with van der Waals surface area (Å²) < 4.78 is 39.4. The average Bonchev–Trinajstić information content (AvgIpc) is 3.88.